The van der Waals surface area contributed by atoms with Gasteiger partial charge in [-0.1, -0.05) is 13.8 Å². The van der Waals surface area contributed by atoms with E-state index in [2.05, 4.69) is 14.8 Å². The molecule has 0 aliphatic heterocycles. The number of hydrogen-bond acceptors (Lipinski definition) is 5. The number of nitrogens with zero attached hydrogens (tertiary/aromatic N) is 1. The van der Waals surface area contributed by atoms with Gasteiger partial charge in [0.05, 0.1) is 4.90 Å². The van der Waals surface area contributed by atoms with Gasteiger partial charge in [0.2, 0.25) is 0 Å². The lowest BCUT2D eigenvalue weighted by atomic mass is 10.3. The quantitative estimate of drug-likeness (QED) is 0.736. The van der Waals surface area contributed by atoms with Crippen molar-refractivity contribution in [1.29, 1.82) is 0 Å². The molecule has 0 atom stereocenters. The van der Waals surface area contributed by atoms with E-state index in [9.17, 15) is 13.0 Å². The molecular weight excluding hydrogens is 341 g/mol. The van der Waals surface area contributed by atoms with Gasteiger partial charge in [-0.15, -0.1) is 11.3 Å². The van der Waals surface area contributed by atoms with Gasteiger partial charge in [-0.3, -0.25) is 4.72 Å². The van der Waals surface area contributed by atoms with Crippen LogP contribution in [0.3, 0.4) is 0 Å². The van der Waals surface area contributed by atoms with Crippen LogP contribution in [0.2, 0.25) is 0 Å². The van der Waals surface area contributed by atoms with Gasteiger partial charge >= 0.3 is 0 Å². The van der Waals surface area contributed by atoms with Crippen molar-refractivity contribution in [2.75, 3.05) is 22.1 Å². The number of benzene rings is 1. The molecule has 1 aromatic carbocycles. The number of thiazole rings is 1. The fraction of sp³-hybridized carbons (Fsp3) is 0.308. The molecule has 0 saturated heterocycles. The SMILES string of the molecule is CCP(=O)(CC)Nc1ccc(S(=O)(=O)Nc2nccs2)cc1. The molecule has 0 aliphatic carbocycles. The van der Waals surface area contributed by atoms with E-state index in [1.165, 1.54) is 29.7 Å². The van der Waals surface area contributed by atoms with Gasteiger partial charge < -0.3 is 9.65 Å². The van der Waals surface area contributed by atoms with E-state index in [0.29, 0.717) is 23.1 Å². The lowest BCUT2D eigenvalue weighted by Crippen LogP contribution is -2.12. The summed E-state index contributed by atoms with van der Waals surface area (Å²) < 4.78 is 39.2. The first-order chi connectivity index (χ1) is 10.4. The van der Waals surface area contributed by atoms with Crippen LogP contribution in [0.25, 0.3) is 0 Å². The van der Waals surface area contributed by atoms with Crippen LogP contribution in [0.4, 0.5) is 10.8 Å². The summed E-state index contributed by atoms with van der Waals surface area (Å²) in [5, 5.41) is 5.02. The summed E-state index contributed by atoms with van der Waals surface area (Å²) in [6.45, 7) is 3.74. The predicted molar refractivity (Wildman–Crippen MR) is 91.7 cm³/mol. The first-order valence-corrected chi connectivity index (χ1v) is 11.2. The molecule has 0 fully saturated rings. The van der Waals surface area contributed by atoms with E-state index in [1.807, 2.05) is 13.8 Å². The Hall–Kier alpha value is -1.37. The van der Waals surface area contributed by atoms with Crippen LogP contribution in [0.1, 0.15) is 13.8 Å². The van der Waals surface area contributed by atoms with E-state index < -0.39 is 17.3 Å². The largest absolute Gasteiger partial charge is 0.336 e. The van der Waals surface area contributed by atoms with Crippen LogP contribution in [0.5, 0.6) is 0 Å². The third kappa shape index (κ3) is 4.09. The zero-order valence-corrected chi connectivity index (χ0v) is 14.8. The average Bonchev–Trinajstić information content (AvgIpc) is 3.00. The molecule has 0 saturated carbocycles. The van der Waals surface area contributed by atoms with Gasteiger partial charge in [0.1, 0.15) is 0 Å². The molecule has 0 amide bonds. The molecular formula is C13H18N3O3PS2. The number of hydrogen-bond donors (Lipinski definition) is 2. The second-order valence-electron chi connectivity index (χ2n) is 4.60. The average molecular weight is 359 g/mol. The van der Waals surface area contributed by atoms with Crippen molar-refractivity contribution in [1.82, 2.24) is 4.98 Å². The minimum atomic E-state index is -3.65. The Kier molecular flexibility index (Phi) is 5.26. The maximum atomic E-state index is 12.4. The van der Waals surface area contributed by atoms with Crippen LogP contribution in [-0.2, 0) is 14.6 Å². The highest BCUT2D eigenvalue weighted by Crippen LogP contribution is 2.44. The monoisotopic (exact) mass is 359 g/mol. The molecule has 2 rings (SSSR count). The van der Waals surface area contributed by atoms with Gasteiger partial charge in [-0.05, 0) is 24.3 Å². The minimum Gasteiger partial charge on any atom is -0.336 e. The van der Waals surface area contributed by atoms with Crippen LogP contribution >= 0.6 is 18.6 Å². The summed E-state index contributed by atoms with van der Waals surface area (Å²) in [5.74, 6) is 0. The van der Waals surface area contributed by atoms with Crippen molar-refractivity contribution in [3.05, 3.63) is 35.8 Å². The molecule has 22 heavy (non-hydrogen) atoms. The molecule has 0 spiro atoms. The zero-order chi connectivity index (χ0) is 16.2. The van der Waals surface area contributed by atoms with Crippen LogP contribution < -0.4 is 9.81 Å². The molecule has 0 aliphatic rings. The Morgan fingerprint density at radius 1 is 1.18 bits per heavy atom. The lowest BCUT2D eigenvalue weighted by Gasteiger charge is -2.17. The Morgan fingerprint density at radius 2 is 1.82 bits per heavy atom. The maximum Gasteiger partial charge on any atom is 0.263 e. The lowest BCUT2D eigenvalue weighted by molar-refractivity contribution is 0.579. The van der Waals surface area contributed by atoms with Crippen LogP contribution in [-0.4, -0.2) is 25.7 Å². The van der Waals surface area contributed by atoms with Gasteiger partial charge in [0, 0.05) is 29.6 Å². The molecule has 1 aromatic heterocycles. The Bertz CT molecular complexity index is 750. The van der Waals surface area contributed by atoms with E-state index in [4.69, 9.17) is 0 Å². The van der Waals surface area contributed by atoms with E-state index in [0.717, 1.165) is 0 Å². The summed E-state index contributed by atoms with van der Waals surface area (Å²) in [4.78, 5) is 4.03. The fourth-order valence-corrected chi connectivity index (χ4v) is 4.95. The Morgan fingerprint density at radius 3 is 2.32 bits per heavy atom. The maximum absolute atomic E-state index is 12.4. The summed E-state index contributed by atoms with van der Waals surface area (Å²) in [6.07, 6.45) is 2.63. The van der Waals surface area contributed by atoms with Crippen molar-refractivity contribution in [3.63, 3.8) is 0 Å². The normalized spacial score (nSPS) is 12.1. The Balaban J connectivity index is 2.16. The Labute approximate surface area is 134 Å². The van der Waals surface area contributed by atoms with Gasteiger partial charge in [0.15, 0.2) is 12.4 Å². The number of nitrogens with one attached hydrogen (secondary N) is 2. The second-order valence-corrected chi connectivity index (χ2v) is 10.4. The fourth-order valence-electron chi connectivity index (χ4n) is 1.77. The van der Waals surface area contributed by atoms with Crippen molar-refractivity contribution >= 4 is 39.5 Å². The van der Waals surface area contributed by atoms with E-state index in [-0.39, 0.29) is 4.90 Å². The topological polar surface area (TPSA) is 88.2 Å². The third-order valence-corrected chi connectivity index (χ3v) is 8.05. The highest BCUT2D eigenvalue weighted by Gasteiger charge is 2.18. The van der Waals surface area contributed by atoms with E-state index >= 15 is 0 Å². The predicted octanol–water partition coefficient (Wildman–Crippen LogP) is 3.67. The smallest absolute Gasteiger partial charge is 0.263 e. The number of aromatic nitrogens is 1. The molecule has 6 nitrogen and oxygen atoms in total. The summed E-state index contributed by atoms with van der Waals surface area (Å²) in [5.41, 5.74) is 0.653. The molecule has 0 radical (unpaired) electrons. The van der Waals surface area contributed by atoms with Crippen molar-refractivity contribution in [2.45, 2.75) is 18.7 Å². The first-order valence-electron chi connectivity index (χ1n) is 6.77. The van der Waals surface area contributed by atoms with Crippen LogP contribution in [0, 0.1) is 0 Å². The number of anilines is 2. The molecule has 9 heteroatoms. The van der Waals surface area contributed by atoms with Crippen molar-refractivity contribution < 1.29 is 13.0 Å². The molecule has 2 N–H and O–H groups in total. The summed E-state index contributed by atoms with van der Waals surface area (Å²) in [6, 6.07) is 6.20. The van der Waals surface area contributed by atoms with Gasteiger partial charge in [-0.2, -0.15) is 0 Å². The molecule has 1 heterocycles. The molecule has 2 aromatic rings. The summed E-state index contributed by atoms with van der Waals surface area (Å²) in [7, 11) is -6.08. The zero-order valence-electron chi connectivity index (χ0n) is 12.3. The highest BCUT2D eigenvalue weighted by molar-refractivity contribution is 7.93. The molecule has 0 unspecified atom stereocenters. The molecule has 0 bridgehead atoms. The number of rotatable bonds is 7. The van der Waals surface area contributed by atoms with Crippen LogP contribution in [0.15, 0.2) is 40.7 Å². The van der Waals surface area contributed by atoms with E-state index in [1.54, 1.807) is 17.5 Å². The third-order valence-electron chi connectivity index (χ3n) is 3.17. The standard InChI is InChI=1S/C13H18N3O3PS2/c1-3-20(17,4-2)15-11-5-7-12(8-6-11)22(18,19)16-13-14-9-10-21-13/h5-10H,3-4H2,1-2H3,(H,14,16)(H,15,17). The van der Waals surface area contributed by atoms with Crippen molar-refractivity contribution in [2.24, 2.45) is 0 Å². The van der Waals surface area contributed by atoms with Crippen molar-refractivity contribution in [3.8, 4) is 0 Å². The van der Waals surface area contributed by atoms with Gasteiger partial charge in [-0.25, -0.2) is 13.4 Å². The highest BCUT2D eigenvalue weighted by atomic mass is 32.2. The first kappa shape index (κ1) is 17.0. The van der Waals surface area contributed by atoms with Gasteiger partial charge in [0.25, 0.3) is 10.0 Å². The minimum absolute atomic E-state index is 0.135. The second kappa shape index (κ2) is 6.81. The molecule has 120 valence electrons. The number of sulfonamides is 1. The summed E-state index contributed by atoms with van der Waals surface area (Å²) >= 11 is 1.21.